The number of hydrogen-bond donors (Lipinski definition) is 0. The van der Waals surface area contributed by atoms with Crippen LogP contribution in [-0.4, -0.2) is 20.8 Å². The van der Waals surface area contributed by atoms with Gasteiger partial charge in [0.1, 0.15) is 11.3 Å². The smallest absolute Gasteiger partial charge is 0.387 e. The van der Waals surface area contributed by atoms with Crippen LogP contribution in [0, 0.1) is 6.92 Å². The Morgan fingerprint density at radius 3 is 2.25 bits per heavy atom. The Morgan fingerprint density at radius 1 is 1.04 bits per heavy atom. The molecule has 0 aliphatic heterocycles. The Hall–Kier alpha value is -2.70. The summed E-state index contributed by atoms with van der Waals surface area (Å²) in [4.78, 5) is 13.1. The normalized spacial score (nSPS) is 12.0. The Balaban J connectivity index is 2.28. The minimum atomic E-state index is -2.89. The molecule has 2 heterocycles. The summed E-state index contributed by atoms with van der Waals surface area (Å²) in [6, 6.07) is 6.74. The van der Waals surface area contributed by atoms with Gasteiger partial charge in [0.25, 0.3) is 5.56 Å². The molecule has 1 aromatic carbocycles. The highest BCUT2D eigenvalue weighted by atomic mass is 19.3. The summed E-state index contributed by atoms with van der Waals surface area (Å²) in [5.41, 5.74) is 3.78. The Bertz CT molecular complexity index is 1080. The number of hydrogen-bond acceptors (Lipinski definition) is 3. The molecule has 3 rings (SSSR count). The molecule has 2 aromatic heterocycles. The summed E-state index contributed by atoms with van der Waals surface area (Å²) in [5.74, 6) is 0.799. The first kappa shape index (κ1) is 20.0. The van der Waals surface area contributed by atoms with Crippen LogP contribution < -0.4 is 10.3 Å². The van der Waals surface area contributed by atoms with Gasteiger partial charge < -0.3 is 4.74 Å². The lowest BCUT2D eigenvalue weighted by molar-refractivity contribution is -0.0498. The van der Waals surface area contributed by atoms with Gasteiger partial charge in [-0.15, -0.1) is 5.10 Å². The molecule has 0 atom stereocenters. The van der Waals surface area contributed by atoms with Gasteiger partial charge in [0, 0.05) is 18.3 Å². The molecule has 0 radical (unpaired) electrons. The maximum atomic E-state index is 13.1. The third-order valence-corrected chi connectivity index (χ3v) is 4.94. The van der Waals surface area contributed by atoms with Gasteiger partial charge in [-0.3, -0.25) is 9.36 Å². The molecule has 0 aliphatic rings. The summed E-state index contributed by atoms with van der Waals surface area (Å²) in [6.45, 7) is 7.03. The zero-order chi connectivity index (χ0) is 20.7. The van der Waals surface area contributed by atoms with Gasteiger partial charge in [0.05, 0.1) is 0 Å². The molecular weight excluding hydrogens is 364 g/mol. The fourth-order valence-corrected chi connectivity index (χ4v) is 3.49. The molecule has 28 heavy (non-hydrogen) atoms. The van der Waals surface area contributed by atoms with Crippen molar-refractivity contribution in [1.82, 2.24) is 14.2 Å². The average Bonchev–Trinajstić information content (AvgIpc) is 2.94. The van der Waals surface area contributed by atoms with E-state index in [9.17, 15) is 13.6 Å². The van der Waals surface area contributed by atoms with Crippen molar-refractivity contribution in [3.05, 3.63) is 51.4 Å². The van der Waals surface area contributed by atoms with Crippen molar-refractivity contribution in [3.8, 4) is 17.1 Å². The van der Waals surface area contributed by atoms with Crippen LogP contribution in [0.4, 0.5) is 8.78 Å². The van der Waals surface area contributed by atoms with Crippen molar-refractivity contribution in [2.45, 2.75) is 53.1 Å². The quantitative estimate of drug-likeness (QED) is 0.626. The molecule has 7 heteroatoms. The number of fused-ring (bicyclic) bond motifs is 1. The molecule has 0 saturated carbocycles. The summed E-state index contributed by atoms with van der Waals surface area (Å²) in [6.07, 6.45) is 0. The predicted octanol–water partition coefficient (Wildman–Crippen LogP) is 4.86. The number of aryl methyl sites for hydroxylation is 1. The van der Waals surface area contributed by atoms with Crippen molar-refractivity contribution < 1.29 is 13.5 Å². The number of benzene rings is 1. The van der Waals surface area contributed by atoms with Crippen molar-refractivity contribution in [1.29, 1.82) is 0 Å². The Morgan fingerprint density at radius 2 is 1.68 bits per heavy atom. The van der Waals surface area contributed by atoms with Gasteiger partial charge in [0.2, 0.25) is 0 Å². The first-order valence-corrected chi connectivity index (χ1v) is 9.30. The summed E-state index contributed by atoms with van der Waals surface area (Å²) < 4.78 is 32.9. The molecule has 5 nitrogen and oxygen atoms in total. The van der Waals surface area contributed by atoms with Gasteiger partial charge in [-0.05, 0) is 54.2 Å². The average molecular weight is 389 g/mol. The molecule has 0 saturated heterocycles. The van der Waals surface area contributed by atoms with E-state index < -0.39 is 6.61 Å². The van der Waals surface area contributed by atoms with E-state index in [1.807, 2.05) is 40.7 Å². The molecule has 3 aromatic rings. The van der Waals surface area contributed by atoms with E-state index in [0.29, 0.717) is 11.3 Å². The van der Waals surface area contributed by atoms with Gasteiger partial charge in [-0.25, -0.2) is 4.52 Å². The number of ether oxygens (including phenoxy) is 1. The largest absolute Gasteiger partial charge is 0.435 e. The van der Waals surface area contributed by atoms with Crippen LogP contribution in [0.1, 0.15) is 56.4 Å². The second kappa shape index (κ2) is 7.37. The zero-order valence-electron chi connectivity index (χ0n) is 17.0. The van der Waals surface area contributed by atoms with Crippen LogP contribution in [0.15, 0.2) is 29.1 Å². The maximum Gasteiger partial charge on any atom is 0.387 e. The standard InChI is InChI=1S/C21H25F2N3O2/c1-11(2)16-10-14(28-21(22)23)7-8-15(16)19-24-26-13(5)9-17(12(3)4)18(26)20(27)25(19)6/h7-12,21H,1-6H3. The molecule has 150 valence electrons. The van der Waals surface area contributed by atoms with Crippen LogP contribution in [0.2, 0.25) is 0 Å². The first-order valence-electron chi connectivity index (χ1n) is 9.30. The monoisotopic (exact) mass is 389 g/mol. The lowest BCUT2D eigenvalue weighted by Gasteiger charge is -2.17. The van der Waals surface area contributed by atoms with Crippen molar-refractivity contribution >= 4 is 5.52 Å². The number of halogens is 2. The lowest BCUT2D eigenvalue weighted by atomic mass is 9.96. The molecule has 0 spiro atoms. The van der Waals surface area contributed by atoms with Crippen LogP contribution in [0.3, 0.4) is 0 Å². The summed E-state index contributed by atoms with van der Waals surface area (Å²) >= 11 is 0. The predicted molar refractivity (Wildman–Crippen MR) is 105 cm³/mol. The molecule has 0 amide bonds. The summed E-state index contributed by atoms with van der Waals surface area (Å²) in [7, 11) is 1.69. The number of alkyl halides is 2. The van der Waals surface area contributed by atoms with Gasteiger partial charge in [-0.2, -0.15) is 8.78 Å². The van der Waals surface area contributed by atoms with E-state index in [4.69, 9.17) is 5.10 Å². The van der Waals surface area contributed by atoms with E-state index in [1.54, 1.807) is 23.7 Å². The molecule has 0 unspecified atom stereocenters. The molecule has 0 N–H and O–H groups in total. The van der Waals surface area contributed by atoms with Crippen LogP contribution in [0.25, 0.3) is 16.9 Å². The topological polar surface area (TPSA) is 48.5 Å². The van der Waals surface area contributed by atoms with Gasteiger partial charge in [0.15, 0.2) is 5.82 Å². The van der Waals surface area contributed by atoms with Crippen LogP contribution in [-0.2, 0) is 7.05 Å². The van der Waals surface area contributed by atoms with E-state index in [0.717, 1.165) is 22.4 Å². The SMILES string of the molecule is Cc1cc(C(C)C)c2c(=O)n(C)c(-c3ccc(OC(F)F)cc3C(C)C)nn12. The number of nitrogens with zero attached hydrogens (tertiary/aromatic N) is 3. The minimum absolute atomic E-state index is 0.0285. The zero-order valence-corrected chi connectivity index (χ0v) is 17.0. The van der Waals surface area contributed by atoms with E-state index >= 15 is 0 Å². The van der Waals surface area contributed by atoms with E-state index in [1.165, 1.54) is 10.6 Å². The second-order valence-corrected chi connectivity index (χ2v) is 7.63. The van der Waals surface area contributed by atoms with E-state index in [-0.39, 0.29) is 23.1 Å². The fraction of sp³-hybridized carbons (Fsp3) is 0.429. The minimum Gasteiger partial charge on any atom is -0.435 e. The summed E-state index contributed by atoms with van der Waals surface area (Å²) in [5, 5.41) is 4.73. The van der Waals surface area contributed by atoms with Crippen molar-refractivity contribution in [2.24, 2.45) is 7.05 Å². The van der Waals surface area contributed by atoms with Crippen LogP contribution in [0.5, 0.6) is 5.75 Å². The Kier molecular flexibility index (Phi) is 5.28. The number of rotatable bonds is 5. The fourth-order valence-electron chi connectivity index (χ4n) is 3.49. The van der Waals surface area contributed by atoms with Crippen molar-refractivity contribution in [3.63, 3.8) is 0 Å². The Labute approximate surface area is 162 Å². The van der Waals surface area contributed by atoms with Gasteiger partial charge >= 0.3 is 6.61 Å². The van der Waals surface area contributed by atoms with Gasteiger partial charge in [-0.1, -0.05) is 27.7 Å². The third-order valence-electron chi connectivity index (χ3n) is 4.94. The highest BCUT2D eigenvalue weighted by molar-refractivity contribution is 5.65. The van der Waals surface area contributed by atoms with E-state index in [2.05, 4.69) is 4.74 Å². The highest BCUT2D eigenvalue weighted by Crippen LogP contribution is 2.32. The third kappa shape index (κ3) is 3.41. The number of aromatic nitrogens is 3. The second-order valence-electron chi connectivity index (χ2n) is 7.63. The lowest BCUT2D eigenvalue weighted by Crippen LogP contribution is -2.24. The van der Waals surface area contributed by atoms with Crippen LogP contribution >= 0.6 is 0 Å². The molecular formula is C21H25F2N3O2. The molecule has 0 fully saturated rings. The molecule has 0 bridgehead atoms. The van der Waals surface area contributed by atoms with Crippen molar-refractivity contribution in [2.75, 3.05) is 0 Å². The maximum absolute atomic E-state index is 13.1. The highest BCUT2D eigenvalue weighted by Gasteiger charge is 2.20. The molecule has 0 aliphatic carbocycles. The first-order chi connectivity index (χ1) is 13.1.